The third-order valence-electron chi connectivity index (χ3n) is 5.10. The van der Waals surface area contributed by atoms with Gasteiger partial charge in [0.1, 0.15) is 18.2 Å². The molecular weight excluding hydrogens is 473 g/mol. The number of nitrogens with two attached hydrogens (primary N) is 1. The Bertz CT molecular complexity index is 1230. The summed E-state index contributed by atoms with van der Waals surface area (Å²) >= 11 is 0. The molecule has 4 N–H and O–H groups in total. The number of carbonyl (C=O) groups is 1. The van der Waals surface area contributed by atoms with E-state index in [0.29, 0.717) is 36.5 Å². The quantitative estimate of drug-likeness (QED) is 0.258. The van der Waals surface area contributed by atoms with Crippen molar-refractivity contribution in [2.45, 2.75) is 24.3 Å². The lowest BCUT2D eigenvalue weighted by Crippen LogP contribution is -2.28. The van der Waals surface area contributed by atoms with Crippen LogP contribution in [-0.2, 0) is 32.6 Å². The van der Waals surface area contributed by atoms with Crippen molar-refractivity contribution in [2.75, 3.05) is 30.7 Å². The molecule has 0 fully saturated rings. The van der Waals surface area contributed by atoms with Crippen molar-refractivity contribution in [3.05, 3.63) is 83.7 Å². The van der Waals surface area contributed by atoms with Gasteiger partial charge < -0.3 is 20.5 Å². The highest BCUT2D eigenvalue weighted by Gasteiger charge is 2.15. The molecule has 0 saturated heterocycles. The number of hydrogen-bond acceptors (Lipinski definition) is 6. The minimum Gasteiger partial charge on any atom is -0.495 e. The highest BCUT2D eigenvalue weighted by molar-refractivity contribution is 7.92. The molecule has 0 unspecified atom stereocenters. The molecule has 1 amide bonds. The fourth-order valence-corrected chi connectivity index (χ4v) is 4.29. The molecular formula is C25H28FN3O5S. The van der Waals surface area contributed by atoms with E-state index in [1.165, 1.54) is 37.4 Å². The topological polar surface area (TPSA) is 120 Å². The predicted molar refractivity (Wildman–Crippen MR) is 132 cm³/mol. The number of nitrogens with one attached hydrogen (secondary N) is 2. The van der Waals surface area contributed by atoms with Crippen LogP contribution in [0.5, 0.6) is 5.75 Å². The van der Waals surface area contributed by atoms with Gasteiger partial charge in [-0.05, 0) is 60.4 Å². The summed E-state index contributed by atoms with van der Waals surface area (Å²) < 4.78 is 51.2. The summed E-state index contributed by atoms with van der Waals surface area (Å²) in [5.74, 6) is -0.176. The van der Waals surface area contributed by atoms with E-state index in [9.17, 15) is 17.6 Å². The SMILES string of the molecule is COc1cc(NS(=O)(=O)c2ccc(CCCNC(=O)COCc3ccc(F)cc3)cc2)ccc1N. The van der Waals surface area contributed by atoms with E-state index in [4.69, 9.17) is 15.2 Å². The van der Waals surface area contributed by atoms with E-state index in [2.05, 4.69) is 10.0 Å². The highest BCUT2D eigenvalue weighted by Crippen LogP contribution is 2.26. The van der Waals surface area contributed by atoms with E-state index in [0.717, 1.165) is 11.1 Å². The predicted octanol–water partition coefficient (Wildman–Crippen LogP) is 3.48. The van der Waals surface area contributed by atoms with Crippen LogP contribution in [0.2, 0.25) is 0 Å². The molecule has 3 aromatic rings. The Morgan fingerprint density at radius 2 is 1.69 bits per heavy atom. The van der Waals surface area contributed by atoms with Crippen molar-refractivity contribution in [3.63, 3.8) is 0 Å². The fourth-order valence-electron chi connectivity index (χ4n) is 3.24. The molecule has 0 heterocycles. The maximum absolute atomic E-state index is 12.9. The molecule has 3 aromatic carbocycles. The number of aryl methyl sites for hydroxylation is 1. The van der Waals surface area contributed by atoms with Crippen LogP contribution in [-0.4, -0.2) is 34.6 Å². The van der Waals surface area contributed by atoms with Crippen LogP contribution in [0.3, 0.4) is 0 Å². The van der Waals surface area contributed by atoms with Gasteiger partial charge in [-0.1, -0.05) is 24.3 Å². The van der Waals surface area contributed by atoms with Gasteiger partial charge in [-0.25, -0.2) is 12.8 Å². The molecule has 0 saturated carbocycles. The zero-order valence-electron chi connectivity index (χ0n) is 19.3. The molecule has 35 heavy (non-hydrogen) atoms. The van der Waals surface area contributed by atoms with E-state index >= 15 is 0 Å². The van der Waals surface area contributed by atoms with Crippen LogP contribution < -0.4 is 20.5 Å². The number of methoxy groups -OCH3 is 1. The summed E-state index contributed by atoms with van der Waals surface area (Å²) in [6.45, 7) is 0.597. The summed E-state index contributed by atoms with van der Waals surface area (Å²) in [5.41, 5.74) is 8.25. The molecule has 0 aliphatic rings. The molecule has 0 atom stereocenters. The van der Waals surface area contributed by atoms with Crippen LogP contribution in [0.15, 0.2) is 71.6 Å². The summed E-state index contributed by atoms with van der Waals surface area (Å²) in [4.78, 5) is 12.0. The average molecular weight is 502 g/mol. The smallest absolute Gasteiger partial charge is 0.261 e. The van der Waals surface area contributed by atoms with Gasteiger partial charge in [0.15, 0.2) is 0 Å². The van der Waals surface area contributed by atoms with Crippen molar-refractivity contribution in [1.82, 2.24) is 5.32 Å². The number of benzene rings is 3. The number of nitrogen functional groups attached to an aromatic ring is 1. The van der Waals surface area contributed by atoms with Crippen LogP contribution >= 0.6 is 0 Å². The third kappa shape index (κ3) is 7.97. The number of rotatable bonds is 12. The van der Waals surface area contributed by atoms with E-state index < -0.39 is 10.0 Å². The second-order valence-electron chi connectivity index (χ2n) is 7.78. The zero-order chi connectivity index (χ0) is 25.3. The molecule has 0 radical (unpaired) electrons. The molecule has 0 aromatic heterocycles. The number of amides is 1. The van der Waals surface area contributed by atoms with Gasteiger partial charge >= 0.3 is 0 Å². The highest BCUT2D eigenvalue weighted by atomic mass is 32.2. The lowest BCUT2D eigenvalue weighted by atomic mass is 10.1. The largest absolute Gasteiger partial charge is 0.495 e. The maximum Gasteiger partial charge on any atom is 0.261 e. The van der Waals surface area contributed by atoms with Crippen molar-refractivity contribution in [1.29, 1.82) is 0 Å². The first-order chi connectivity index (χ1) is 16.8. The lowest BCUT2D eigenvalue weighted by molar-refractivity contribution is -0.126. The van der Waals surface area contributed by atoms with Gasteiger partial charge in [-0.15, -0.1) is 0 Å². The van der Waals surface area contributed by atoms with Gasteiger partial charge in [-0.2, -0.15) is 0 Å². The molecule has 0 aliphatic carbocycles. The Morgan fingerprint density at radius 3 is 2.37 bits per heavy atom. The van der Waals surface area contributed by atoms with E-state index in [1.807, 2.05) is 0 Å². The first-order valence-corrected chi connectivity index (χ1v) is 12.4. The number of anilines is 2. The summed E-state index contributed by atoms with van der Waals surface area (Å²) in [6, 6.07) is 17.1. The minimum atomic E-state index is -3.77. The number of ether oxygens (including phenoxy) is 2. The van der Waals surface area contributed by atoms with Gasteiger partial charge in [-0.3, -0.25) is 9.52 Å². The Labute approximate surface area is 204 Å². The molecule has 0 aliphatic heterocycles. The normalized spacial score (nSPS) is 11.1. The van der Waals surface area contributed by atoms with Gasteiger partial charge in [0.2, 0.25) is 5.91 Å². The molecule has 0 spiro atoms. The standard InChI is InChI=1S/C25H28FN3O5S/c1-33-24-15-21(10-13-23(24)27)29-35(31,32)22-11-6-18(7-12-22)3-2-14-28-25(30)17-34-16-19-4-8-20(26)9-5-19/h4-13,15,29H,2-3,14,16-17,27H2,1H3,(H,28,30). The molecule has 3 rings (SSSR count). The monoisotopic (exact) mass is 501 g/mol. The number of carbonyl (C=O) groups excluding carboxylic acids is 1. The fraction of sp³-hybridized carbons (Fsp3) is 0.240. The van der Waals surface area contributed by atoms with Crippen molar-refractivity contribution in [3.8, 4) is 5.75 Å². The van der Waals surface area contributed by atoms with Gasteiger partial charge in [0.25, 0.3) is 10.0 Å². The summed E-state index contributed by atoms with van der Waals surface area (Å²) in [6.07, 6.45) is 1.35. The number of halogens is 1. The third-order valence-corrected chi connectivity index (χ3v) is 6.50. The number of sulfonamides is 1. The van der Waals surface area contributed by atoms with Crippen molar-refractivity contribution >= 4 is 27.3 Å². The molecule has 10 heteroatoms. The van der Waals surface area contributed by atoms with Crippen LogP contribution in [0, 0.1) is 5.82 Å². The zero-order valence-corrected chi connectivity index (χ0v) is 20.1. The van der Waals surface area contributed by atoms with Crippen LogP contribution in [0.25, 0.3) is 0 Å². The Kier molecular flexibility index (Phi) is 9.04. The second-order valence-corrected chi connectivity index (χ2v) is 9.46. The first kappa shape index (κ1) is 26.0. The summed E-state index contributed by atoms with van der Waals surface area (Å²) in [5, 5.41) is 2.78. The van der Waals surface area contributed by atoms with Crippen molar-refractivity contribution in [2.24, 2.45) is 0 Å². The lowest BCUT2D eigenvalue weighted by Gasteiger charge is -2.11. The Hall–Kier alpha value is -3.63. The van der Waals surface area contributed by atoms with E-state index in [-0.39, 0.29) is 29.8 Å². The van der Waals surface area contributed by atoms with Crippen molar-refractivity contribution < 1.29 is 27.1 Å². The second kappa shape index (κ2) is 12.2. The number of hydrogen-bond donors (Lipinski definition) is 3. The first-order valence-electron chi connectivity index (χ1n) is 10.9. The van der Waals surface area contributed by atoms with Crippen LogP contribution in [0.4, 0.5) is 15.8 Å². The molecule has 186 valence electrons. The molecule has 8 nitrogen and oxygen atoms in total. The maximum atomic E-state index is 12.9. The Balaban J connectivity index is 1.40. The average Bonchev–Trinajstić information content (AvgIpc) is 2.84. The Morgan fingerprint density at radius 1 is 1.00 bits per heavy atom. The van der Waals surface area contributed by atoms with Crippen LogP contribution in [0.1, 0.15) is 17.5 Å². The minimum absolute atomic E-state index is 0.0865. The van der Waals surface area contributed by atoms with E-state index in [1.54, 1.807) is 36.4 Å². The molecule has 0 bridgehead atoms. The summed E-state index contributed by atoms with van der Waals surface area (Å²) in [7, 11) is -2.31. The van der Waals surface area contributed by atoms with Gasteiger partial charge in [0, 0.05) is 12.6 Å². The van der Waals surface area contributed by atoms with Gasteiger partial charge in [0.05, 0.1) is 30.0 Å².